The van der Waals surface area contributed by atoms with E-state index in [1.54, 1.807) is 0 Å². The summed E-state index contributed by atoms with van der Waals surface area (Å²) in [6, 6.07) is -0.0280. The second-order valence-corrected chi connectivity index (χ2v) is 7.98. The summed E-state index contributed by atoms with van der Waals surface area (Å²) in [7, 11) is 1.06. The maximum absolute atomic E-state index is 13.9. The molecule has 3 rings (SSSR count). The van der Waals surface area contributed by atoms with E-state index in [0.29, 0.717) is 12.1 Å². The first-order chi connectivity index (χ1) is 16.8. The summed E-state index contributed by atoms with van der Waals surface area (Å²) in [4.78, 5) is 41.0. The van der Waals surface area contributed by atoms with Crippen LogP contribution < -0.4 is 11.1 Å². The molecule has 36 heavy (non-hydrogen) atoms. The van der Waals surface area contributed by atoms with Crippen molar-refractivity contribution in [3.63, 3.8) is 0 Å². The number of ether oxygens (including phenoxy) is 1. The molecule has 1 atom stereocenters. The number of aromatic nitrogens is 2. The largest absolute Gasteiger partial charge is 0.468 e. The minimum absolute atomic E-state index is 0.166. The summed E-state index contributed by atoms with van der Waals surface area (Å²) in [5.74, 6) is -7.56. The molecule has 0 aliphatic carbocycles. The summed E-state index contributed by atoms with van der Waals surface area (Å²) in [5, 5.41) is 2.11. The number of imidazole rings is 1. The quantitative estimate of drug-likeness (QED) is 0.324. The van der Waals surface area contributed by atoms with Gasteiger partial charge in [-0.3, -0.25) is 14.4 Å². The minimum atomic E-state index is -4.89. The predicted molar refractivity (Wildman–Crippen MR) is 110 cm³/mol. The molecule has 0 radical (unpaired) electrons. The molecule has 1 aliphatic rings. The van der Waals surface area contributed by atoms with Crippen molar-refractivity contribution in [2.45, 2.75) is 38.1 Å². The van der Waals surface area contributed by atoms with E-state index >= 15 is 0 Å². The van der Waals surface area contributed by atoms with E-state index in [-0.39, 0.29) is 37.2 Å². The molecule has 0 saturated carbocycles. The number of esters is 1. The van der Waals surface area contributed by atoms with Gasteiger partial charge in [0.15, 0.2) is 17.3 Å². The lowest BCUT2D eigenvalue weighted by atomic mass is 10.0. The second kappa shape index (κ2) is 10.6. The lowest BCUT2D eigenvalue weighted by Gasteiger charge is -2.30. The number of hydrogen-bond acceptors (Lipinski definition) is 6. The lowest BCUT2D eigenvalue weighted by molar-refractivity contribution is -0.148. The standard InChI is InChI=1S/C21H21F6N5O4/c1-36-17(34)8-29-19(35)18-15-9-31(2-3-32(15)20(30-18)21(25,26)27)16(33)6-11(28)4-10-5-13(23)14(24)7-12(10)22/h5,7,11H,2-4,6,8-9,28H2,1H3,(H,29,35). The maximum atomic E-state index is 13.9. The van der Waals surface area contributed by atoms with E-state index in [9.17, 15) is 40.7 Å². The van der Waals surface area contributed by atoms with Crippen LogP contribution in [0.25, 0.3) is 0 Å². The van der Waals surface area contributed by atoms with Crippen molar-refractivity contribution in [2.24, 2.45) is 5.73 Å². The Morgan fingerprint density at radius 2 is 1.81 bits per heavy atom. The summed E-state index contributed by atoms with van der Waals surface area (Å²) < 4.78 is 86.0. The number of halogens is 6. The number of nitrogens with zero attached hydrogens (tertiary/aromatic N) is 3. The highest BCUT2D eigenvalue weighted by atomic mass is 19.4. The van der Waals surface area contributed by atoms with Gasteiger partial charge in [0.2, 0.25) is 11.7 Å². The fourth-order valence-corrected chi connectivity index (χ4v) is 3.72. The molecule has 0 saturated heterocycles. The Balaban J connectivity index is 1.76. The molecule has 2 heterocycles. The molecule has 1 aromatic carbocycles. The Morgan fingerprint density at radius 1 is 1.14 bits per heavy atom. The van der Waals surface area contributed by atoms with E-state index in [1.165, 1.54) is 0 Å². The van der Waals surface area contributed by atoms with E-state index in [4.69, 9.17) is 5.73 Å². The summed E-state index contributed by atoms with van der Waals surface area (Å²) in [6.45, 7) is -1.53. The zero-order valence-electron chi connectivity index (χ0n) is 18.8. The molecule has 1 aromatic heterocycles. The first-order valence-corrected chi connectivity index (χ1v) is 10.5. The second-order valence-electron chi connectivity index (χ2n) is 7.98. The molecule has 0 fully saturated rings. The fraction of sp³-hybridized carbons (Fsp3) is 0.429. The molecule has 0 spiro atoms. The van der Waals surface area contributed by atoms with Crippen molar-refractivity contribution in [1.82, 2.24) is 19.8 Å². The van der Waals surface area contributed by atoms with Crippen molar-refractivity contribution in [3.05, 3.63) is 52.4 Å². The number of nitrogens with two attached hydrogens (primary N) is 1. The van der Waals surface area contributed by atoms with E-state index in [0.717, 1.165) is 16.6 Å². The average molecular weight is 521 g/mol. The molecule has 1 unspecified atom stereocenters. The maximum Gasteiger partial charge on any atom is 0.449 e. The smallest absolute Gasteiger partial charge is 0.449 e. The monoisotopic (exact) mass is 521 g/mol. The van der Waals surface area contributed by atoms with Gasteiger partial charge in [0, 0.05) is 31.6 Å². The van der Waals surface area contributed by atoms with Crippen molar-refractivity contribution < 1.29 is 45.5 Å². The molecular formula is C21H21F6N5O4. The number of methoxy groups -OCH3 is 1. The topological polar surface area (TPSA) is 120 Å². The molecule has 2 amide bonds. The molecule has 0 bridgehead atoms. The Kier molecular flexibility index (Phi) is 7.91. The highest BCUT2D eigenvalue weighted by Crippen LogP contribution is 2.32. The number of carbonyl (C=O) groups is 3. The third kappa shape index (κ3) is 5.95. The summed E-state index contributed by atoms with van der Waals surface area (Å²) in [5.41, 5.74) is 4.82. The van der Waals surface area contributed by atoms with Crippen LogP contribution in [0, 0.1) is 17.5 Å². The Morgan fingerprint density at radius 3 is 2.44 bits per heavy atom. The van der Waals surface area contributed by atoms with Gasteiger partial charge >= 0.3 is 12.1 Å². The molecule has 2 aromatic rings. The van der Waals surface area contributed by atoms with Crippen molar-refractivity contribution >= 4 is 17.8 Å². The van der Waals surface area contributed by atoms with Crippen molar-refractivity contribution in [2.75, 3.05) is 20.2 Å². The highest BCUT2D eigenvalue weighted by Gasteiger charge is 2.41. The fourth-order valence-electron chi connectivity index (χ4n) is 3.72. The third-order valence-electron chi connectivity index (χ3n) is 5.46. The van der Waals surface area contributed by atoms with Crippen LogP contribution in [-0.4, -0.2) is 58.5 Å². The SMILES string of the molecule is COC(=O)CNC(=O)c1nc(C(F)(F)F)n2c1CN(C(=O)CC(N)Cc1cc(F)c(F)cc1F)CC2. The van der Waals surface area contributed by atoms with Gasteiger partial charge in [-0.15, -0.1) is 0 Å². The van der Waals surface area contributed by atoms with Crippen LogP contribution in [0.5, 0.6) is 0 Å². The zero-order valence-corrected chi connectivity index (χ0v) is 18.8. The van der Waals surface area contributed by atoms with E-state index < -0.39 is 72.1 Å². The van der Waals surface area contributed by atoms with Gasteiger partial charge in [0.05, 0.1) is 19.3 Å². The first kappa shape index (κ1) is 27.0. The van der Waals surface area contributed by atoms with Gasteiger partial charge in [-0.1, -0.05) is 0 Å². The van der Waals surface area contributed by atoms with Crippen molar-refractivity contribution in [3.8, 4) is 0 Å². The number of nitrogens with one attached hydrogen (secondary N) is 1. The number of carbonyl (C=O) groups excluding carboxylic acids is 3. The number of rotatable bonds is 7. The molecule has 196 valence electrons. The molecule has 1 aliphatic heterocycles. The van der Waals surface area contributed by atoms with Gasteiger partial charge in [-0.05, 0) is 18.1 Å². The summed E-state index contributed by atoms with van der Waals surface area (Å²) >= 11 is 0. The number of amides is 2. The van der Waals surface area contributed by atoms with Crippen LogP contribution in [0.4, 0.5) is 26.3 Å². The predicted octanol–water partition coefficient (Wildman–Crippen LogP) is 1.52. The minimum Gasteiger partial charge on any atom is -0.468 e. The van der Waals surface area contributed by atoms with Gasteiger partial charge in [-0.2, -0.15) is 13.2 Å². The highest BCUT2D eigenvalue weighted by molar-refractivity contribution is 5.95. The molecule has 3 N–H and O–H groups in total. The number of benzene rings is 1. The van der Waals surface area contributed by atoms with Crippen LogP contribution in [0.1, 0.15) is 34.0 Å². The normalized spacial score (nSPS) is 14.3. The molecular weight excluding hydrogens is 500 g/mol. The van der Waals surface area contributed by atoms with Crippen LogP contribution in [0.2, 0.25) is 0 Å². The number of fused-ring (bicyclic) bond motifs is 1. The van der Waals surface area contributed by atoms with Crippen LogP contribution in [0.3, 0.4) is 0 Å². The Labute approximate surface area is 200 Å². The zero-order chi connectivity index (χ0) is 26.8. The average Bonchev–Trinajstić information content (AvgIpc) is 3.20. The van der Waals surface area contributed by atoms with Gasteiger partial charge < -0.3 is 25.3 Å². The van der Waals surface area contributed by atoms with Gasteiger partial charge in [0.1, 0.15) is 12.4 Å². The van der Waals surface area contributed by atoms with Gasteiger partial charge in [0.25, 0.3) is 5.91 Å². The van der Waals surface area contributed by atoms with Crippen LogP contribution in [-0.2, 0) is 40.0 Å². The molecule has 9 nitrogen and oxygen atoms in total. The van der Waals surface area contributed by atoms with E-state index in [1.807, 2.05) is 0 Å². The van der Waals surface area contributed by atoms with E-state index in [2.05, 4.69) is 15.0 Å². The summed E-state index contributed by atoms with van der Waals surface area (Å²) in [6.07, 6.45) is -5.58. The van der Waals surface area contributed by atoms with Crippen molar-refractivity contribution in [1.29, 1.82) is 0 Å². The van der Waals surface area contributed by atoms with Crippen LogP contribution in [0.15, 0.2) is 12.1 Å². The molecule has 15 heteroatoms. The Bertz CT molecular complexity index is 1180. The Hall–Kier alpha value is -3.62. The lowest BCUT2D eigenvalue weighted by Crippen LogP contribution is -2.42. The number of alkyl halides is 3. The third-order valence-corrected chi connectivity index (χ3v) is 5.46. The van der Waals surface area contributed by atoms with Crippen LogP contribution >= 0.6 is 0 Å². The number of hydrogen-bond donors (Lipinski definition) is 2. The van der Waals surface area contributed by atoms with Gasteiger partial charge in [-0.25, -0.2) is 18.2 Å². The first-order valence-electron chi connectivity index (χ1n) is 10.5.